The molecule has 0 aromatic rings. The lowest BCUT2D eigenvalue weighted by Crippen LogP contribution is -2.49. The summed E-state index contributed by atoms with van der Waals surface area (Å²) >= 11 is 0. The minimum atomic E-state index is -0.0342. The van der Waals surface area contributed by atoms with E-state index in [4.69, 9.17) is 4.74 Å². The summed E-state index contributed by atoms with van der Waals surface area (Å²) in [6.45, 7) is 13.6. The van der Waals surface area contributed by atoms with Crippen molar-refractivity contribution in [3.63, 3.8) is 0 Å². The highest BCUT2D eigenvalue weighted by molar-refractivity contribution is 5.01. The fourth-order valence-corrected chi connectivity index (χ4v) is 4.14. The summed E-state index contributed by atoms with van der Waals surface area (Å²) in [4.78, 5) is 0. The molecule has 1 aliphatic heterocycles. The van der Waals surface area contributed by atoms with Crippen molar-refractivity contribution in [2.45, 2.75) is 90.5 Å². The van der Waals surface area contributed by atoms with Gasteiger partial charge in [0, 0.05) is 12.1 Å². The average Bonchev–Trinajstić information content (AvgIpc) is 2.66. The zero-order chi connectivity index (χ0) is 13.6. The first kappa shape index (κ1) is 14.3. The average molecular weight is 253 g/mol. The SMILES string of the molecule is CCC1CCC(NC2CC(C)(C)OC2(C)C)C1C. The second-order valence-corrected chi connectivity index (χ2v) is 7.60. The van der Waals surface area contributed by atoms with Crippen molar-refractivity contribution in [3.05, 3.63) is 0 Å². The Balaban J connectivity index is 1.98. The van der Waals surface area contributed by atoms with Crippen LogP contribution in [-0.4, -0.2) is 23.3 Å². The maximum absolute atomic E-state index is 6.18. The Morgan fingerprint density at radius 2 is 1.83 bits per heavy atom. The van der Waals surface area contributed by atoms with Gasteiger partial charge in [0.15, 0.2) is 0 Å². The van der Waals surface area contributed by atoms with E-state index < -0.39 is 0 Å². The molecule has 2 heteroatoms. The zero-order valence-corrected chi connectivity index (χ0v) is 13.0. The molecule has 2 fully saturated rings. The molecule has 0 spiro atoms. The molecule has 0 aromatic carbocycles. The highest BCUT2D eigenvalue weighted by atomic mass is 16.5. The lowest BCUT2D eigenvalue weighted by molar-refractivity contribution is -0.0707. The number of hydrogen-bond donors (Lipinski definition) is 1. The van der Waals surface area contributed by atoms with Crippen LogP contribution in [0.25, 0.3) is 0 Å². The topological polar surface area (TPSA) is 21.3 Å². The van der Waals surface area contributed by atoms with Gasteiger partial charge in [0.05, 0.1) is 11.2 Å². The number of ether oxygens (including phenoxy) is 1. The molecule has 0 aromatic heterocycles. The van der Waals surface area contributed by atoms with Gasteiger partial charge in [-0.05, 0) is 58.8 Å². The lowest BCUT2D eigenvalue weighted by atomic mass is 9.90. The van der Waals surface area contributed by atoms with Crippen LogP contribution in [0.5, 0.6) is 0 Å². The van der Waals surface area contributed by atoms with E-state index >= 15 is 0 Å². The second-order valence-electron chi connectivity index (χ2n) is 7.60. The molecule has 4 unspecified atom stereocenters. The maximum atomic E-state index is 6.18. The molecule has 1 saturated heterocycles. The van der Waals surface area contributed by atoms with Gasteiger partial charge >= 0.3 is 0 Å². The Morgan fingerprint density at radius 3 is 2.28 bits per heavy atom. The predicted octanol–water partition coefficient (Wildman–Crippen LogP) is 3.75. The van der Waals surface area contributed by atoms with E-state index in [9.17, 15) is 0 Å². The third kappa shape index (κ3) is 2.75. The van der Waals surface area contributed by atoms with Gasteiger partial charge in [-0.15, -0.1) is 0 Å². The molecule has 1 heterocycles. The van der Waals surface area contributed by atoms with E-state index in [1.54, 1.807) is 0 Å². The Morgan fingerprint density at radius 1 is 1.17 bits per heavy atom. The molecule has 1 saturated carbocycles. The summed E-state index contributed by atoms with van der Waals surface area (Å²) in [5.74, 6) is 1.73. The molecular formula is C16H31NO. The van der Waals surface area contributed by atoms with E-state index in [-0.39, 0.29) is 11.2 Å². The van der Waals surface area contributed by atoms with Crippen LogP contribution in [0.15, 0.2) is 0 Å². The fraction of sp³-hybridized carbons (Fsp3) is 1.00. The van der Waals surface area contributed by atoms with Crippen LogP contribution in [0.2, 0.25) is 0 Å². The summed E-state index contributed by atoms with van der Waals surface area (Å²) in [7, 11) is 0. The number of hydrogen-bond acceptors (Lipinski definition) is 2. The van der Waals surface area contributed by atoms with Gasteiger partial charge in [0.25, 0.3) is 0 Å². The zero-order valence-electron chi connectivity index (χ0n) is 13.0. The Bertz CT molecular complexity index is 297. The third-order valence-electron chi connectivity index (χ3n) is 5.24. The molecule has 0 amide bonds. The first-order chi connectivity index (χ1) is 8.25. The van der Waals surface area contributed by atoms with Crippen LogP contribution in [0, 0.1) is 11.8 Å². The van der Waals surface area contributed by atoms with Crippen LogP contribution < -0.4 is 5.32 Å². The van der Waals surface area contributed by atoms with Crippen molar-refractivity contribution in [2.24, 2.45) is 11.8 Å². The van der Waals surface area contributed by atoms with Crippen LogP contribution in [0.4, 0.5) is 0 Å². The van der Waals surface area contributed by atoms with Crippen molar-refractivity contribution in [1.29, 1.82) is 0 Å². The normalized spacial score (nSPS) is 42.3. The first-order valence-electron chi connectivity index (χ1n) is 7.71. The van der Waals surface area contributed by atoms with E-state index in [1.807, 2.05) is 0 Å². The van der Waals surface area contributed by atoms with Crippen LogP contribution in [-0.2, 0) is 4.74 Å². The van der Waals surface area contributed by atoms with Crippen molar-refractivity contribution >= 4 is 0 Å². The van der Waals surface area contributed by atoms with Crippen molar-refractivity contribution in [2.75, 3.05) is 0 Å². The summed E-state index contributed by atoms with van der Waals surface area (Å²) in [5, 5.41) is 3.91. The Kier molecular flexibility index (Phi) is 3.81. The monoisotopic (exact) mass is 253 g/mol. The van der Waals surface area contributed by atoms with Crippen LogP contribution in [0.3, 0.4) is 0 Å². The smallest absolute Gasteiger partial charge is 0.0787 e. The number of rotatable bonds is 3. The minimum absolute atomic E-state index is 0.0210. The Hall–Kier alpha value is -0.0800. The quantitative estimate of drug-likeness (QED) is 0.827. The van der Waals surface area contributed by atoms with Gasteiger partial charge < -0.3 is 10.1 Å². The summed E-state index contributed by atoms with van der Waals surface area (Å²) in [6.07, 6.45) is 5.19. The predicted molar refractivity (Wildman–Crippen MR) is 76.8 cm³/mol. The van der Waals surface area contributed by atoms with Crippen molar-refractivity contribution in [3.8, 4) is 0 Å². The minimum Gasteiger partial charge on any atom is -0.368 e. The van der Waals surface area contributed by atoms with E-state index in [2.05, 4.69) is 46.9 Å². The molecule has 2 nitrogen and oxygen atoms in total. The third-order valence-corrected chi connectivity index (χ3v) is 5.24. The van der Waals surface area contributed by atoms with E-state index in [0.717, 1.165) is 18.3 Å². The fourth-order valence-electron chi connectivity index (χ4n) is 4.14. The molecule has 106 valence electrons. The molecular weight excluding hydrogens is 222 g/mol. The molecule has 0 radical (unpaired) electrons. The van der Waals surface area contributed by atoms with Gasteiger partial charge in [-0.2, -0.15) is 0 Å². The van der Waals surface area contributed by atoms with Crippen molar-refractivity contribution < 1.29 is 4.74 Å². The molecule has 0 bridgehead atoms. The van der Waals surface area contributed by atoms with E-state index in [0.29, 0.717) is 12.1 Å². The number of nitrogens with one attached hydrogen (secondary N) is 1. The molecule has 1 N–H and O–H groups in total. The highest BCUT2D eigenvalue weighted by Crippen LogP contribution is 2.40. The largest absolute Gasteiger partial charge is 0.368 e. The lowest BCUT2D eigenvalue weighted by Gasteiger charge is -2.32. The Labute approximate surface area is 113 Å². The maximum Gasteiger partial charge on any atom is 0.0787 e. The highest BCUT2D eigenvalue weighted by Gasteiger charge is 2.47. The second kappa shape index (κ2) is 4.79. The van der Waals surface area contributed by atoms with Gasteiger partial charge in [-0.1, -0.05) is 20.3 Å². The summed E-state index contributed by atoms with van der Waals surface area (Å²) < 4.78 is 6.18. The van der Waals surface area contributed by atoms with Crippen LogP contribution in [0.1, 0.15) is 67.2 Å². The van der Waals surface area contributed by atoms with Crippen LogP contribution >= 0.6 is 0 Å². The van der Waals surface area contributed by atoms with Crippen molar-refractivity contribution in [1.82, 2.24) is 5.32 Å². The summed E-state index contributed by atoms with van der Waals surface area (Å²) in [6, 6.07) is 1.19. The molecule has 2 rings (SSSR count). The molecule has 1 aliphatic carbocycles. The molecule has 4 atom stereocenters. The molecule has 18 heavy (non-hydrogen) atoms. The first-order valence-corrected chi connectivity index (χ1v) is 7.71. The standard InChI is InChI=1S/C16H31NO/c1-7-12-8-9-13(11(12)2)17-14-10-15(3,4)18-16(14,5)6/h11-14,17H,7-10H2,1-6H3. The molecule has 2 aliphatic rings. The van der Waals surface area contributed by atoms with Gasteiger partial charge in [0.2, 0.25) is 0 Å². The summed E-state index contributed by atoms with van der Waals surface area (Å²) in [5.41, 5.74) is -0.0132. The van der Waals surface area contributed by atoms with Gasteiger partial charge in [-0.25, -0.2) is 0 Å². The van der Waals surface area contributed by atoms with Gasteiger partial charge in [-0.3, -0.25) is 0 Å². The van der Waals surface area contributed by atoms with Gasteiger partial charge in [0.1, 0.15) is 0 Å². The van der Waals surface area contributed by atoms with E-state index in [1.165, 1.54) is 19.3 Å².